The van der Waals surface area contributed by atoms with Crippen LogP contribution in [0.5, 0.6) is 5.75 Å². The predicted molar refractivity (Wildman–Crippen MR) is 70.5 cm³/mol. The zero-order valence-electron chi connectivity index (χ0n) is 10.1. The lowest BCUT2D eigenvalue weighted by molar-refractivity contribution is 0.405. The summed E-state index contributed by atoms with van der Waals surface area (Å²) in [5.74, 6) is 0.978. The molecule has 0 unspecified atom stereocenters. The van der Waals surface area contributed by atoms with Gasteiger partial charge in [-0.2, -0.15) is 0 Å². The molecule has 1 aliphatic rings. The fraction of sp³-hybridized carbons (Fsp3) is 0.333. The average molecular weight is 227 g/mol. The summed E-state index contributed by atoms with van der Waals surface area (Å²) in [7, 11) is 1.74. The third-order valence-electron chi connectivity index (χ3n) is 3.89. The Hall–Kier alpha value is -1.54. The molecule has 2 aromatic carbocycles. The van der Waals surface area contributed by atoms with Gasteiger partial charge in [-0.25, -0.2) is 0 Å². The van der Waals surface area contributed by atoms with Gasteiger partial charge in [0.25, 0.3) is 0 Å². The van der Waals surface area contributed by atoms with E-state index >= 15 is 0 Å². The molecule has 0 atom stereocenters. The highest BCUT2D eigenvalue weighted by Gasteiger charge is 2.45. The van der Waals surface area contributed by atoms with E-state index in [1.807, 2.05) is 0 Å². The van der Waals surface area contributed by atoms with Gasteiger partial charge in [-0.3, -0.25) is 0 Å². The summed E-state index contributed by atoms with van der Waals surface area (Å²) in [5.41, 5.74) is 7.42. The largest absolute Gasteiger partial charge is 0.496 e. The van der Waals surface area contributed by atoms with Crippen molar-refractivity contribution in [1.82, 2.24) is 0 Å². The van der Waals surface area contributed by atoms with Crippen LogP contribution in [0.25, 0.3) is 10.8 Å². The number of benzene rings is 2. The molecule has 2 nitrogen and oxygen atoms in total. The number of rotatable bonds is 3. The fourth-order valence-electron chi connectivity index (χ4n) is 2.68. The molecule has 0 heterocycles. The normalized spacial score (nSPS) is 17.1. The third kappa shape index (κ3) is 1.52. The van der Waals surface area contributed by atoms with Gasteiger partial charge in [0, 0.05) is 17.5 Å². The standard InChI is InChI=1S/C15H17NO/c1-17-13-7-6-11-4-2-3-5-12(11)14(13)15(10-16)8-9-15/h2-7H,8-10,16H2,1H3. The van der Waals surface area contributed by atoms with Gasteiger partial charge in [0.15, 0.2) is 0 Å². The number of nitrogens with two attached hydrogens (primary N) is 1. The van der Waals surface area contributed by atoms with Gasteiger partial charge in [0.1, 0.15) is 5.75 Å². The van der Waals surface area contributed by atoms with Crippen LogP contribution in [-0.4, -0.2) is 13.7 Å². The van der Waals surface area contributed by atoms with Crippen molar-refractivity contribution in [3.8, 4) is 5.75 Å². The summed E-state index contributed by atoms with van der Waals surface area (Å²) in [5, 5.41) is 2.55. The van der Waals surface area contributed by atoms with Gasteiger partial charge in [-0.1, -0.05) is 30.3 Å². The van der Waals surface area contributed by atoms with E-state index in [4.69, 9.17) is 10.5 Å². The molecule has 0 amide bonds. The van der Waals surface area contributed by atoms with Gasteiger partial charge in [0.05, 0.1) is 7.11 Å². The minimum absolute atomic E-state index is 0.159. The van der Waals surface area contributed by atoms with Crippen LogP contribution in [0.3, 0.4) is 0 Å². The Morgan fingerprint density at radius 3 is 2.59 bits per heavy atom. The topological polar surface area (TPSA) is 35.2 Å². The maximum atomic E-state index is 5.96. The highest BCUT2D eigenvalue weighted by Crippen LogP contribution is 2.52. The second-order valence-corrected chi connectivity index (χ2v) is 4.85. The van der Waals surface area contributed by atoms with Gasteiger partial charge < -0.3 is 10.5 Å². The first-order valence-electron chi connectivity index (χ1n) is 6.07. The Bertz CT molecular complexity index is 558. The summed E-state index contributed by atoms with van der Waals surface area (Å²) in [6, 6.07) is 12.6. The van der Waals surface area contributed by atoms with Gasteiger partial charge >= 0.3 is 0 Å². The summed E-state index contributed by atoms with van der Waals surface area (Å²) in [6.45, 7) is 0.706. The van der Waals surface area contributed by atoms with Crippen molar-refractivity contribution in [3.05, 3.63) is 42.0 Å². The molecule has 0 aromatic heterocycles. The monoisotopic (exact) mass is 227 g/mol. The number of fused-ring (bicyclic) bond motifs is 1. The molecule has 0 spiro atoms. The Kier molecular flexibility index (Phi) is 2.33. The lowest BCUT2D eigenvalue weighted by Gasteiger charge is -2.19. The van der Waals surface area contributed by atoms with Crippen molar-refractivity contribution in [1.29, 1.82) is 0 Å². The quantitative estimate of drug-likeness (QED) is 0.875. The first kappa shape index (κ1) is 10.6. The van der Waals surface area contributed by atoms with Crippen LogP contribution in [0.2, 0.25) is 0 Å². The predicted octanol–water partition coefficient (Wildman–Crippen LogP) is 2.84. The van der Waals surface area contributed by atoms with Crippen LogP contribution in [0.15, 0.2) is 36.4 Å². The van der Waals surface area contributed by atoms with Crippen LogP contribution in [-0.2, 0) is 5.41 Å². The molecule has 2 aromatic rings. The summed E-state index contributed by atoms with van der Waals surface area (Å²) in [6.07, 6.45) is 2.35. The molecule has 0 aliphatic heterocycles. The first-order valence-corrected chi connectivity index (χ1v) is 6.07. The Labute approximate surface area is 101 Å². The lowest BCUT2D eigenvalue weighted by Crippen LogP contribution is -2.20. The Morgan fingerprint density at radius 2 is 1.94 bits per heavy atom. The Morgan fingerprint density at radius 1 is 1.18 bits per heavy atom. The molecule has 1 aliphatic carbocycles. The summed E-state index contributed by atoms with van der Waals surface area (Å²) >= 11 is 0. The molecule has 88 valence electrons. The maximum Gasteiger partial charge on any atom is 0.123 e. The fourth-order valence-corrected chi connectivity index (χ4v) is 2.68. The second-order valence-electron chi connectivity index (χ2n) is 4.85. The molecular formula is C15H17NO. The zero-order valence-corrected chi connectivity index (χ0v) is 10.1. The minimum Gasteiger partial charge on any atom is -0.496 e. The smallest absolute Gasteiger partial charge is 0.123 e. The molecule has 2 heteroatoms. The molecule has 0 radical (unpaired) electrons. The molecule has 3 rings (SSSR count). The van der Waals surface area contributed by atoms with Crippen molar-refractivity contribution < 1.29 is 4.74 Å². The van der Waals surface area contributed by atoms with Crippen LogP contribution < -0.4 is 10.5 Å². The molecule has 1 saturated carbocycles. The molecule has 0 saturated heterocycles. The zero-order chi connectivity index (χ0) is 11.9. The van der Waals surface area contributed by atoms with E-state index in [0.717, 1.165) is 5.75 Å². The van der Waals surface area contributed by atoms with Crippen LogP contribution in [0.1, 0.15) is 18.4 Å². The van der Waals surface area contributed by atoms with Crippen molar-refractivity contribution in [2.24, 2.45) is 5.73 Å². The molecular weight excluding hydrogens is 210 g/mol. The van der Waals surface area contributed by atoms with E-state index in [1.54, 1.807) is 7.11 Å². The maximum absolute atomic E-state index is 5.96. The highest BCUT2D eigenvalue weighted by atomic mass is 16.5. The van der Waals surface area contributed by atoms with Crippen molar-refractivity contribution >= 4 is 10.8 Å². The van der Waals surface area contributed by atoms with Crippen LogP contribution in [0.4, 0.5) is 0 Å². The molecule has 2 N–H and O–H groups in total. The lowest BCUT2D eigenvalue weighted by atomic mass is 9.90. The van der Waals surface area contributed by atoms with E-state index in [1.165, 1.54) is 29.2 Å². The summed E-state index contributed by atoms with van der Waals surface area (Å²) < 4.78 is 5.53. The molecule has 0 bridgehead atoms. The van der Waals surface area contributed by atoms with Gasteiger partial charge in [-0.15, -0.1) is 0 Å². The average Bonchev–Trinajstić information content (AvgIpc) is 3.18. The van der Waals surface area contributed by atoms with Crippen molar-refractivity contribution in [3.63, 3.8) is 0 Å². The molecule has 17 heavy (non-hydrogen) atoms. The highest BCUT2D eigenvalue weighted by molar-refractivity contribution is 5.89. The third-order valence-corrected chi connectivity index (χ3v) is 3.89. The Balaban J connectivity index is 2.32. The van der Waals surface area contributed by atoms with Gasteiger partial charge in [-0.05, 0) is 29.7 Å². The van der Waals surface area contributed by atoms with Crippen molar-refractivity contribution in [2.75, 3.05) is 13.7 Å². The van der Waals surface area contributed by atoms with E-state index in [9.17, 15) is 0 Å². The number of hydrogen-bond acceptors (Lipinski definition) is 2. The van der Waals surface area contributed by atoms with E-state index in [2.05, 4.69) is 36.4 Å². The van der Waals surface area contributed by atoms with Crippen LogP contribution >= 0.6 is 0 Å². The number of ether oxygens (including phenoxy) is 1. The molecule has 1 fully saturated rings. The second kappa shape index (κ2) is 3.74. The summed E-state index contributed by atoms with van der Waals surface area (Å²) in [4.78, 5) is 0. The van der Waals surface area contributed by atoms with E-state index in [0.29, 0.717) is 6.54 Å². The van der Waals surface area contributed by atoms with E-state index in [-0.39, 0.29) is 5.41 Å². The SMILES string of the molecule is COc1ccc2ccccc2c1C1(CN)CC1. The minimum atomic E-state index is 0.159. The van der Waals surface area contributed by atoms with Gasteiger partial charge in [0.2, 0.25) is 0 Å². The number of methoxy groups -OCH3 is 1. The number of hydrogen-bond donors (Lipinski definition) is 1. The first-order chi connectivity index (χ1) is 8.30. The van der Waals surface area contributed by atoms with Crippen LogP contribution in [0, 0.1) is 0 Å². The van der Waals surface area contributed by atoms with Crippen molar-refractivity contribution in [2.45, 2.75) is 18.3 Å². The van der Waals surface area contributed by atoms with E-state index < -0.39 is 0 Å².